The molecule has 1 amide bonds. The molecule has 0 fully saturated rings. The Labute approximate surface area is 108 Å². The van der Waals surface area contributed by atoms with Crippen molar-refractivity contribution in [3.8, 4) is 0 Å². The normalized spacial score (nSPS) is 10.3. The SMILES string of the molecule is Cc1ccc(CNC(=O)c2cc(F)ccc2N)s1. The summed E-state index contributed by atoms with van der Waals surface area (Å²) in [5.74, 6) is -0.834. The number of nitrogen functional groups attached to an aromatic ring is 1. The van der Waals surface area contributed by atoms with Gasteiger partial charge in [0, 0.05) is 15.4 Å². The fourth-order valence-corrected chi connectivity index (χ4v) is 2.40. The number of carbonyl (C=O) groups is 1. The van der Waals surface area contributed by atoms with Crippen molar-refractivity contribution in [3.05, 3.63) is 51.5 Å². The number of carbonyl (C=O) groups excluding carboxylic acids is 1. The van der Waals surface area contributed by atoms with Gasteiger partial charge in [0.25, 0.3) is 5.91 Å². The zero-order chi connectivity index (χ0) is 13.1. The Bertz CT molecular complexity index is 580. The molecule has 0 saturated heterocycles. The number of halogens is 1. The van der Waals surface area contributed by atoms with Crippen molar-refractivity contribution in [2.75, 3.05) is 5.73 Å². The standard InChI is InChI=1S/C13H13FN2OS/c1-8-2-4-10(18-8)7-16-13(17)11-6-9(14)3-5-12(11)15/h2-6H,7,15H2,1H3,(H,16,17). The van der Waals surface area contributed by atoms with Crippen LogP contribution in [0.15, 0.2) is 30.3 Å². The van der Waals surface area contributed by atoms with Crippen LogP contribution in [0.5, 0.6) is 0 Å². The van der Waals surface area contributed by atoms with E-state index in [2.05, 4.69) is 5.32 Å². The summed E-state index contributed by atoms with van der Waals surface area (Å²) in [6.07, 6.45) is 0. The van der Waals surface area contributed by atoms with Gasteiger partial charge >= 0.3 is 0 Å². The molecule has 1 aromatic carbocycles. The van der Waals surface area contributed by atoms with Crippen LogP contribution in [0, 0.1) is 12.7 Å². The third-order valence-corrected chi connectivity index (χ3v) is 3.48. The average Bonchev–Trinajstić information content (AvgIpc) is 2.75. The Kier molecular flexibility index (Phi) is 3.62. The summed E-state index contributed by atoms with van der Waals surface area (Å²) in [7, 11) is 0. The highest BCUT2D eigenvalue weighted by atomic mass is 32.1. The molecular formula is C13H13FN2OS. The fourth-order valence-electron chi connectivity index (χ4n) is 1.57. The molecule has 0 atom stereocenters. The summed E-state index contributed by atoms with van der Waals surface area (Å²) in [5.41, 5.74) is 6.08. The molecular weight excluding hydrogens is 251 g/mol. The van der Waals surface area contributed by atoms with Gasteiger partial charge in [0.15, 0.2) is 0 Å². The van der Waals surface area contributed by atoms with Crippen LogP contribution in [0.1, 0.15) is 20.1 Å². The fraction of sp³-hybridized carbons (Fsp3) is 0.154. The Morgan fingerprint density at radius 1 is 1.39 bits per heavy atom. The van der Waals surface area contributed by atoms with Gasteiger partial charge in [-0.05, 0) is 37.3 Å². The van der Waals surface area contributed by atoms with Crippen LogP contribution in [0.2, 0.25) is 0 Å². The minimum absolute atomic E-state index is 0.170. The molecule has 0 saturated carbocycles. The first-order chi connectivity index (χ1) is 8.56. The molecule has 3 nitrogen and oxygen atoms in total. The molecule has 2 aromatic rings. The summed E-state index contributed by atoms with van der Waals surface area (Å²) < 4.78 is 13.0. The molecule has 0 aliphatic rings. The van der Waals surface area contributed by atoms with Gasteiger partial charge in [-0.15, -0.1) is 11.3 Å². The van der Waals surface area contributed by atoms with E-state index in [9.17, 15) is 9.18 Å². The highest BCUT2D eigenvalue weighted by molar-refractivity contribution is 7.11. The van der Waals surface area contributed by atoms with E-state index in [1.54, 1.807) is 11.3 Å². The molecule has 0 bridgehead atoms. The van der Waals surface area contributed by atoms with E-state index in [4.69, 9.17) is 5.73 Å². The number of thiophene rings is 1. The van der Waals surface area contributed by atoms with Crippen molar-refractivity contribution in [1.82, 2.24) is 5.32 Å². The lowest BCUT2D eigenvalue weighted by molar-refractivity contribution is 0.0952. The predicted octanol–water partition coefficient (Wildman–Crippen LogP) is 2.71. The molecule has 0 aliphatic heterocycles. The van der Waals surface area contributed by atoms with Gasteiger partial charge in [-0.1, -0.05) is 0 Å². The maximum absolute atomic E-state index is 13.0. The lowest BCUT2D eigenvalue weighted by Crippen LogP contribution is -2.23. The minimum Gasteiger partial charge on any atom is -0.398 e. The molecule has 1 aromatic heterocycles. The largest absolute Gasteiger partial charge is 0.398 e. The number of nitrogens with one attached hydrogen (secondary N) is 1. The predicted molar refractivity (Wildman–Crippen MR) is 71.0 cm³/mol. The van der Waals surface area contributed by atoms with E-state index in [0.717, 1.165) is 10.9 Å². The highest BCUT2D eigenvalue weighted by Gasteiger charge is 2.10. The van der Waals surface area contributed by atoms with Gasteiger partial charge in [0.1, 0.15) is 5.82 Å². The molecule has 0 spiro atoms. The van der Waals surface area contributed by atoms with Crippen molar-refractivity contribution < 1.29 is 9.18 Å². The highest BCUT2D eigenvalue weighted by Crippen LogP contribution is 2.16. The summed E-state index contributed by atoms with van der Waals surface area (Å²) in [6.45, 7) is 2.42. The van der Waals surface area contributed by atoms with Crippen LogP contribution >= 0.6 is 11.3 Å². The average molecular weight is 264 g/mol. The summed E-state index contributed by atoms with van der Waals surface area (Å²) in [6, 6.07) is 7.70. The molecule has 2 rings (SSSR count). The van der Waals surface area contributed by atoms with Crippen LogP contribution in [0.25, 0.3) is 0 Å². The van der Waals surface area contributed by atoms with Gasteiger partial charge in [-0.2, -0.15) is 0 Å². The second-order valence-corrected chi connectivity index (χ2v) is 5.30. The van der Waals surface area contributed by atoms with E-state index in [1.165, 1.54) is 17.0 Å². The zero-order valence-electron chi connectivity index (χ0n) is 9.87. The van der Waals surface area contributed by atoms with Gasteiger partial charge in [-0.25, -0.2) is 4.39 Å². The quantitative estimate of drug-likeness (QED) is 0.837. The van der Waals surface area contributed by atoms with E-state index in [0.29, 0.717) is 6.54 Å². The van der Waals surface area contributed by atoms with Gasteiger partial charge < -0.3 is 11.1 Å². The molecule has 3 N–H and O–H groups in total. The Hall–Kier alpha value is -1.88. The summed E-state index contributed by atoms with van der Waals surface area (Å²) >= 11 is 1.61. The van der Waals surface area contributed by atoms with E-state index >= 15 is 0 Å². The monoisotopic (exact) mass is 264 g/mol. The first-order valence-corrected chi connectivity index (χ1v) is 6.26. The van der Waals surface area contributed by atoms with Crippen molar-refractivity contribution in [3.63, 3.8) is 0 Å². The Morgan fingerprint density at radius 3 is 2.83 bits per heavy atom. The van der Waals surface area contributed by atoms with Crippen LogP contribution in [0.4, 0.5) is 10.1 Å². The third kappa shape index (κ3) is 2.87. The summed E-state index contributed by atoms with van der Waals surface area (Å²) in [5, 5.41) is 2.72. The van der Waals surface area contributed by atoms with E-state index in [-0.39, 0.29) is 17.2 Å². The number of benzene rings is 1. The molecule has 94 valence electrons. The van der Waals surface area contributed by atoms with Crippen molar-refractivity contribution in [2.24, 2.45) is 0 Å². The number of aryl methyl sites for hydroxylation is 1. The van der Waals surface area contributed by atoms with Crippen molar-refractivity contribution >= 4 is 22.9 Å². The third-order valence-electron chi connectivity index (χ3n) is 2.48. The Balaban J connectivity index is 2.05. The smallest absolute Gasteiger partial charge is 0.253 e. The molecule has 0 aliphatic carbocycles. The lowest BCUT2D eigenvalue weighted by atomic mass is 10.1. The molecule has 18 heavy (non-hydrogen) atoms. The van der Waals surface area contributed by atoms with Crippen molar-refractivity contribution in [2.45, 2.75) is 13.5 Å². The minimum atomic E-state index is -0.471. The van der Waals surface area contributed by atoms with Crippen LogP contribution < -0.4 is 11.1 Å². The second kappa shape index (κ2) is 5.18. The number of nitrogens with two attached hydrogens (primary N) is 1. The first kappa shape index (κ1) is 12.6. The van der Waals surface area contributed by atoms with Crippen LogP contribution in [-0.4, -0.2) is 5.91 Å². The van der Waals surface area contributed by atoms with Crippen LogP contribution in [-0.2, 0) is 6.54 Å². The second-order valence-electron chi connectivity index (χ2n) is 3.93. The molecule has 1 heterocycles. The lowest BCUT2D eigenvalue weighted by Gasteiger charge is -2.06. The maximum Gasteiger partial charge on any atom is 0.253 e. The number of hydrogen-bond donors (Lipinski definition) is 2. The van der Waals surface area contributed by atoms with Gasteiger partial charge in [0.2, 0.25) is 0 Å². The topological polar surface area (TPSA) is 55.1 Å². The number of rotatable bonds is 3. The zero-order valence-corrected chi connectivity index (χ0v) is 10.7. The number of anilines is 1. The summed E-state index contributed by atoms with van der Waals surface area (Å²) in [4.78, 5) is 14.1. The number of hydrogen-bond acceptors (Lipinski definition) is 3. The molecule has 5 heteroatoms. The van der Waals surface area contributed by atoms with Crippen LogP contribution in [0.3, 0.4) is 0 Å². The van der Waals surface area contributed by atoms with Gasteiger partial charge in [-0.3, -0.25) is 4.79 Å². The first-order valence-electron chi connectivity index (χ1n) is 5.45. The number of amides is 1. The maximum atomic E-state index is 13.0. The van der Waals surface area contributed by atoms with E-state index < -0.39 is 5.82 Å². The van der Waals surface area contributed by atoms with Gasteiger partial charge in [0.05, 0.1) is 12.1 Å². The molecule has 0 radical (unpaired) electrons. The Morgan fingerprint density at radius 2 is 2.17 bits per heavy atom. The molecule has 0 unspecified atom stereocenters. The van der Waals surface area contributed by atoms with Crippen molar-refractivity contribution in [1.29, 1.82) is 0 Å². The van der Waals surface area contributed by atoms with E-state index in [1.807, 2.05) is 19.1 Å².